The van der Waals surface area contributed by atoms with E-state index >= 15 is 0 Å². The predicted molar refractivity (Wildman–Crippen MR) is 88.0 cm³/mol. The topological polar surface area (TPSA) is 76.4 Å². The largest absolute Gasteiger partial charge is 0.443 e. The van der Waals surface area contributed by atoms with Crippen LogP contribution >= 0.6 is 0 Å². The highest BCUT2D eigenvalue weighted by molar-refractivity contribution is 5.92. The Bertz CT molecular complexity index is 703. The number of aliphatic imine (C=N–C) groups is 1. The molecule has 0 spiro atoms. The zero-order chi connectivity index (χ0) is 15.5. The van der Waals surface area contributed by atoms with Crippen LogP contribution in [0.25, 0.3) is 0 Å². The van der Waals surface area contributed by atoms with Crippen molar-refractivity contribution in [2.75, 3.05) is 5.32 Å². The first-order chi connectivity index (χ1) is 10.7. The Hall–Kier alpha value is -2.30. The fourth-order valence-electron chi connectivity index (χ4n) is 2.78. The SMILES string of the molecule is CCc1nc(C)c(CN=C(N)Nc2ccc3c(c2)CCC3)o1. The van der Waals surface area contributed by atoms with E-state index < -0.39 is 0 Å². The molecule has 1 aromatic carbocycles. The number of aromatic nitrogens is 1. The van der Waals surface area contributed by atoms with Crippen LogP contribution in [0.5, 0.6) is 0 Å². The van der Waals surface area contributed by atoms with Crippen molar-refractivity contribution in [2.24, 2.45) is 10.7 Å². The Balaban J connectivity index is 1.66. The third-order valence-corrected chi connectivity index (χ3v) is 4.00. The van der Waals surface area contributed by atoms with Crippen LogP contribution in [0.2, 0.25) is 0 Å². The van der Waals surface area contributed by atoms with E-state index in [1.54, 1.807) is 0 Å². The molecule has 1 heterocycles. The molecule has 3 N–H and O–H groups in total. The normalized spacial score (nSPS) is 14.2. The maximum atomic E-state index is 5.96. The van der Waals surface area contributed by atoms with E-state index in [0.717, 1.165) is 35.9 Å². The molecular weight excluding hydrogens is 276 g/mol. The molecule has 0 saturated carbocycles. The molecule has 0 unspecified atom stereocenters. The molecule has 1 aromatic heterocycles. The zero-order valence-corrected chi connectivity index (χ0v) is 13.1. The van der Waals surface area contributed by atoms with Crippen molar-refractivity contribution < 1.29 is 4.42 Å². The summed E-state index contributed by atoms with van der Waals surface area (Å²) in [5, 5.41) is 3.15. The van der Waals surface area contributed by atoms with Crippen LogP contribution in [-0.2, 0) is 25.8 Å². The average molecular weight is 298 g/mol. The van der Waals surface area contributed by atoms with E-state index in [1.165, 1.54) is 24.0 Å². The number of guanidine groups is 1. The van der Waals surface area contributed by atoms with Crippen LogP contribution in [0.1, 0.15) is 41.8 Å². The van der Waals surface area contributed by atoms with Gasteiger partial charge in [0.05, 0.1) is 5.69 Å². The van der Waals surface area contributed by atoms with Gasteiger partial charge in [0, 0.05) is 12.1 Å². The molecule has 116 valence electrons. The lowest BCUT2D eigenvalue weighted by molar-refractivity contribution is 0.461. The van der Waals surface area contributed by atoms with Crippen molar-refractivity contribution >= 4 is 11.6 Å². The number of anilines is 1. The summed E-state index contributed by atoms with van der Waals surface area (Å²) in [6.45, 7) is 4.35. The summed E-state index contributed by atoms with van der Waals surface area (Å²) in [5.41, 5.74) is 10.7. The van der Waals surface area contributed by atoms with E-state index in [9.17, 15) is 0 Å². The second kappa shape index (κ2) is 6.22. The lowest BCUT2D eigenvalue weighted by Crippen LogP contribution is -2.22. The number of oxazole rings is 1. The van der Waals surface area contributed by atoms with Gasteiger partial charge in [-0.25, -0.2) is 9.98 Å². The van der Waals surface area contributed by atoms with Crippen LogP contribution in [0.3, 0.4) is 0 Å². The van der Waals surface area contributed by atoms with Gasteiger partial charge in [-0.1, -0.05) is 13.0 Å². The minimum atomic E-state index is 0.395. The molecule has 0 amide bonds. The summed E-state index contributed by atoms with van der Waals surface area (Å²) in [7, 11) is 0. The molecule has 0 fully saturated rings. The highest BCUT2D eigenvalue weighted by Gasteiger charge is 2.11. The van der Waals surface area contributed by atoms with Gasteiger partial charge >= 0.3 is 0 Å². The second-order valence-electron chi connectivity index (χ2n) is 5.63. The van der Waals surface area contributed by atoms with Crippen LogP contribution in [0.4, 0.5) is 5.69 Å². The van der Waals surface area contributed by atoms with Crippen LogP contribution < -0.4 is 11.1 Å². The minimum Gasteiger partial charge on any atom is -0.443 e. The summed E-state index contributed by atoms with van der Waals surface area (Å²) in [6.07, 6.45) is 4.36. The first-order valence-corrected chi connectivity index (χ1v) is 7.79. The molecular formula is C17H22N4O. The smallest absolute Gasteiger partial charge is 0.194 e. The third kappa shape index (κ3) is 3.13. The van der Waals surface area contributed by atoms with Gasteiger partial charge in [0.15, 0.2) is 11.9 Å². The van der Waals surface area contributed by atoms with E-state index in [-0.39, 0.29) is 0 Å². The lowest BCUT2D eigenvalue weighted by atomic mass is 10.1. The Morgan fingerprint density at radius 2 is 2.18 bits per heavy atom. The van der Waals surface area contributed by atoms with Gasteiger partial charge in [0.1, 0.15) is 12.3 Å². The summed E-state index contributed by atoms with van der Waals surface area (Å²) in [4.78, 5) is 8.67. The molecule has 3 rings (SSSR count). The molecule has 5 heteroatoms. The third-order valence-electron chi connectivity index (χ3n) is 4.00. The molecule has 0 saturated heterocycles. The van der Waals surface area contributed by atoms with Crippen molar-refractivity contribution in [3.63, 3.8) is 0 Å². The minimum absolute atomic E-state index is 0.395. The second-order valence-corrected chi connectivity index (χ2v) is 5.63. The molecule has 0 bridgehead atoms. The van der Waals surface area contributed by atoms with Gasteiger partial charge in [0.2, 0.25) is 0 Å². The molecule has 2 aromatic rings. The van der Waals surface area contributed by atoms with E-state index in [2.05, 4.69) is 33.5 Å². The van der Waals surface area contributed by atoms with Crippen molar-refractivity contribution in [1.82, 2.24) is 4.98 Å². The number of fused-ring (bicyclic) bond motifs is 1. The van der Waals surface area contributed by atoms with Crippen LogP contribution in [0.15, 0.2) is 27.6 Å². The standard InChI is InChI=1S/C17H22N4O/c1-3-16-20-11(2)15(22-16)10-19-17(18)21-14-8-7-12-5-4-6-13(12)9-14/h7-9H,3-6,10H2,1-2H3,(H3,18,19,21). The summed E-state index contributed by atoms with van der Waals surface area (Å²) < 4.78 is 5.62. The fraction of sp³-hybridized carbons (Fsp3) is 0.412. The van der Waals surface area contributed by atoms with Crippen LogP contribution in [-0.4, -0.2) is 10.9 Å². The predicted octanol–water partition coefficient (Wildman–Crippen LogP) is 2.96. The highest BCUT2D eigenvalue weighted by Crippen LogP contribution is 2.24. The quantitative estimate of drug-likeness (QED) is 0.672. The monoisotopic (exact) mass is 298 g/mol. The highest BCUT2D eigenvalue weighted by atomic mass is 16.4. The maximum absolute atomic E-state index is 5.96. The Morgan fingerprint density at radius 3 is 2.95 bits per heavy atom. The summed E-state index contributed by atoms with van der Waals surface area (Å²) in [6, 6.07) is 6.40. The number of nitrogens with zero attached hydrogens (tertiary/aromatic N) is 2. The molecule has 0 aliphatic heterocycles. The van der Waals surface area contributed by atoms with Gasteiger partial charge in [0.25, 0.3) is 0 Å². The average Bonchev–Trinajstić information content (AvgIpc) is 3.11. The molecule has 5 nitrogen and oxygen atoms in total. The first kappa shape index (κ1) is 14.6. The van der Waals surface area contributed by atoms with Crippen molar-refractivity contribution in [3.05, 3.63) is 46.7 Å². The molecule has 0 atom stereocenters. The van der Waals surface area contributed by atoms with Gasteiger partial charge in [-0.3, -0.25) is 0 Å². The number of nitrogens with one attached hydrogen (secondary N) is 1. The molecule has 1 aliphatic carbocycles. The Kier molecular flexibility index (Phi) is 4.13. The van der Waals surface area contributed by atoms with Crippen LogP contribution in [0, 0.1) is 6.92 Å². The summed E-state index contributed by atoms with van der Waals surface area (Å²) in [5.74, 6) is 1.91. The maximum Gasteiger partial charge on any atom is 0.194 e. The molecule has 22 heavy (non-hydrogen) atoms. The number of benzene rings is 1. The van der Waals surface area contributed by atoms with Gasteiger partial charge < -0.3 is 15.5 Å². The Labute approximate surface area is 130 Å². The fourth-order valence-corrected chi connectivity index (χ4v) is 2.78. The number of nitrogens with two attached hydrogens (primary N) is 1. The lowest BCUT2D eigenvalue weighted by Gasteiger charge is -2.07. The first-order valence-electron chi connectivity index (χ1n) is 7.79. The van der Waals surface area contributed by atoms with Crippen molar-refractivity contribution in [3.8, 4) is 0 Å². The molecule has 1 aliphatic rings. The number of rotatable bonds is 4. The zero-order valence-electron chi connectivity index (χ0n) is 13.1. The number of hydrogen-bond donors (Lipinski definition) is 2. The van der Waals surface area contributed by atoms with E-state index in [0.29, 0.717) is 12.5 Å². The van der Waals surface area contributed by atoms with Gasteiger partial charge in [-0.2, -0.15) is 0 Å². The van der Waals surface area contributed by atoms with Crippen molar-refractivity contribution in [1.29, 1.82) is 0 Å². The van der Waals surface area contributed by atoms with Crippen molar-refractivity contribution in [2.45, 2.75) is 46.1 Å². The van der Waals surface area contributed by atoms with Gasteiger partial charge in [-0.05, 0) is 49.4 Å². The van der Waals surface area contributed by atoms with E-state index in [1.807, 2.05) is 13.8 Å². The Morgan fingerprint density at radius 1 is 1.36 bits per heavy atom. The van der Waals surface area contributed by atoms with E-state index in [4.69, 9.17) is 10.2 Å². The molecule has 0 radical (unpaired) electrons. The number of aryl methyl sites for hydroxylation is 4. The van der Waals surface area contributed by atoms with Gasteiger partial charge in [-0.15, -0.1) is 0 Å². The summed E-state index contributed by atoms with van der Waals surface area (Å²) >= 11 is 0. The number of hydrogen-bond acceptors (Lipinski definition) is 3.